The summed E-state index contributed by atoms with van der Waals surface area (Å²) in [6.45, 7) is 3.86. The van der Waals surface area contributed by atoms with Crippen molar-refractivity contribution >= 4 is 19.8 Å². The minimum atomic E-state index is -4.27. The van der Waals surface area contributed by atoms with Crippen LogP contribution < -0.4 is 0 Å². The average Bonchev–Trinajstić information content (AvgIpc) is 3.20. The third kappa shape index (κ3) is 43.4. The van der Waals surface area contributed by atoms with Gasteiger partial charge in [0.05, 0.1) is 6.61 Å². The molecule has 9 heteroatoms. The van der Waals surface area contributed by atoms with Crippen LogP contribution in [0.2, 0.25) is 0 Å². The summed E-state index contributed by atoms with van der Waals surface area (Å²) in [5.41, 5.74) is 0. The van der Waals surface area contributed by atoms with Gasteiger partial charge < -0.3 is 14.4 Å². The molecule has 0 fully saturated rings. The van der Waals surface area contributed by atoms with E-state index in [2.05, 4.69) is 67.0 Å². The van der Waals surface area contributed by atoms with E-state index >= 15 is 0 Å². The van der Waals surface area contributed by atoms with Crippen LogP contribution in [0.3, 0.4) is 0 Å². The van der Waals surface area contributed by atoms with Gasteiger partial charge >= 0.3 is 19.8 Å². The number of unbranched alkanes of at least 4 members (excludes halogenated alkanes) is 24. The number of phosphoric acid groups is 1. The van der Waals surface area contributed by atoms with Gasteiger partial charge in [-0.25, -0.2) is 4.57 Å². The Labute approximate surface area is 350 Å². The largest absolute Gasteiger partial charge is 0.472 e. The number of ether oxygens (including phenoxy) is 2. The monoisotopic (exact) mass is 823 g/mol. The van der Waals surface area contributed by atoms with Crippen LogP contribution in [0.15, 0.2) is 48.6 Å². The molecule has 0 aromatic heterocycles. The van der Waals surface area contributed by atoms with Gasteiger partial charge in [-0.3, -0.25) is 18.6 Å². The number of carbonyl (C=O) groups is 2. The summed E-state index contributed by atoms with van der Waals surface area (Å²) in [7, 11) is -3.21. The fraction of sp³-hybridized carbons (Fsp3) is 0.792. The lowest BCUT2D eigenvalue weighted by molar-refractivity contribution is -0.161. The van der Waals surface area contributed by atoms with Gasteiger partial charge in [-0.15, -0.1) is 0 Å². The highest BCUT2D eigenvalue weighted by Crippen LogP contribution is 2.42. The Kier molecular flexibility index (Phi) is 42.1. The van der Waals surface area contributed by atoms with E-state index in [0.29, 0.717) is 6.42 Å². The maximum absolute atomic E-state index is 12.5. The van der Waals surface area contributed by atoms with Crippen LogP contribution >= 0.6 is 7.82 Å². The van der Waals surface area contributed by atoms with Crippen LogP contribution in [0.5, 0.6) is 0 Å². The maximum Gasteiger partial charge on any atom is 0.472 e. The molecule has 0 saturated carbocycles. The van der Waals surface area contributed by atoms with E-state index in [4.69, 9.17) is 14.0 Å². The zero-order chi connectivity index (χ0) is 41.8. The van der Waals surface area contributed by atoms with E-state index in [1.54, 1.807) is 0 Å². The van der Waals surface area contributed by atoms with E-state index < -0.39 is 26.5 Å². The molecule has 0 aliphatic heterocycles. The van der Waals surface area contributed by atoms with Crippen LogP contribution in [-0.2, 0) is 32.7 Å². The van der Waals surface area contributed by atoms with Crippen molar-refractivity contribution in [3.8, 4) is 0 Å². The van der Waals surface area contributed by atoms with Gasteiger partial charge in [0.25, 0.3) is 0 Å². The molecule has 0 amide bonds. The number of hydrogen-bond acceptors (Lipinski definition) is 7. The van der Waals surface area contributed by atoms with Crippen LogP contribution in [0, 0.1) is 0 Å². The van der Waals surface area contributed by atoms with Crippen LogP contribution in [0.1, 0.15) is 219 Å². The Morgan fingerprint density at radius 2 is 0.842 bits per heavy atom. The van der Waals surface area contributed by atoms with Gasteiger partial charge in [0.1, 0.15) is 6.61 Å². The maximum atomic E-state index is 12.5. The molecule has 0 aromatic rings. The standard InChI is InChI=1S/C48H87O8P/c1-4-6-8-10-12-14-16-18-20-22-24-26-28-30-32-34-36-38-40-42-47(49)54-44-46(45-55-57(51,52)53-3)56-48(50)43-41-39-37-35-33-31-29-27-25-23-21-19-17-15-13-11-9-7-5-2/h13,15,18-21,25,27,46H,4-12,14,16-17,22-24,26,28-45H2,1-3H3,(H,51,52)/b15-13-,20-18-,21-19-,27-25-. The first-order valence-electron chi connectivity index (χ1n) is 23.3. The molecule has 0 radical (unpaired) electrons. The highest BCUT2D eigenvalue weighted by atomic mass is 31.2. The smallest absolute Gasteiger partial charge is 0.462 e. The van der Waals surface area contributed by atoms with E-state index in [9.17, 15) is 19.0 Å². The predicted octanol–water partition coefficient (Wildman–Crippen LogP) is 15.0. The second-order valence-corrected chi connectivity index (χ2v) is 17.1. The molecule has 0 rings (SSSR count). The fourth-order valence-electron chi connectivity index (χ4n) is 6.42. The van der Waals surface area contributed by atoms with Crippen molar-refractivity contribution in [1.29, 1.82) is 0 Å². The van der Waals surface area contributed by atoms with Crippen molar-refractivity contribution < 1.29 is 37.6 Å². The minimum absolute atomic E-state index is 0.229. The highest BCUT2D eigenvalue weighted by molar-refractivity contribution is 7.47. The first kappa shape index (κ1) is 55.0. The Balaban J connectivity index is 3.98. The minimum Gasteiger partial charge on any atom is -0.462 e. The van der Waals surface area contributed by atoms with Gasteiger partial charge in [0, 0.05) is 20.0 Å². The molecule has 0 heterocycles. The predicted molar refractivity (Wildman–Crippen MR) is 239 cm³/mol. The molecule has 0 aliphatic carbocycles. The van der Waals surface area contributed by atoms with Crippen molar-refractivity contribution in [2.24, 2.45) is 0 Å². The molecule has 0 aliphatic rings. The quantitative estimate of drug-likeness (QED) is 0.0280. The lowest BCUT2D eigenvalue weighted by atomic mass is 10.1. The number of rotatable bonds is 43. The second kappa shape index (κ2) is 43.6. The number of allylic oxidation sites excluding steroid dienone is 8. The molecule has 8 nitrogen and oxygen atoms in total. The SMILES string of the molecule is CCCCC/C=C\C/C=C\C/C=C\CCCCCCCCC(=O)OC(COC(=O)CCCCCCCCCCC/C=C\CCCCCCCC)COP(=O)(O)OC. The van der Waals surface area contributed by atoms with E-state index in [1.165, 1.54) is 116 Å². The molecule has 0 saturated heterocycles. The summed E-state index contributed by atoms with van der Waals surface area (Å²) in [6, 6.07) is 0. The molecule has 332 valence electrons. The van der Waals surface area contributed by atoms with Gasteiger partial charge in [0.15, 0.2) is 6.10 Å². The first-order valence-corrected chi connectivity index (χ1v) is 24.8. The Bertz CT molecular complexity index is 1070. The molecule has 0 spiro atoms. The Morgan fingerprint density at radius 3 is 1.30 bits per heavy atom. The number of carbonyl (C=O) groups excluding carboxylic acids is 2. The average molecular weight is 823 g/mol. The summed E-state index contributed by atoms with van der Waals surface area (Å²) in [4.78, 5) is 34.6. The first-order chi connectivity index (χ1) is 27.8. The molecular weight excluding hydrogens is 735 g/mol. The lowest BCUT2D eigenvalue weighted by Gasteiger charge is -2.19. The van der Waals surface area contributed by atoms with E-state index in [1.807, 2.05) is 0 Å². The third-order valence-corrected chi connectivity index (χ3v) is 11.0. The van der Waals surface area contributed by atoms with Crippen LogP contribution in [-0.4, -0.2) is 43.3 Å². The summed E-state index contributed by atoms with van der Waals surface area (Å²) >= 11 is 0. The van der Waals surface area contributed by atoms with E-state index in [0.717, 1.165) is 77.7 Å². The molecule has 1 N–H and O–H groups in total. The summed E-state index contributed by atoms with van der Waals surface area (Å²) in [6.07, 6.45) is 53.0. The number of phosphoric ester groups is 1. The zero-order valence-corrected chi connectivity index (χ0v) is 37.9. The number of esters is 2. The summed E-state index contributed by atoms with van der Waals surface area (Å²) in [5, 5.41) is 0. The molecule has 57 heavy (non-hydrogen) atoms. The van der Waals surface area contributed by atoms with Gasteiger partial charge in [-0.2, -0.15) is 0 Å². The lowest BCUT2D eigenvalue weighted by Crippen LogP contribution is -2.29. The molecule has 2 atom stereocenters. The summed E-state index contributed by atoms with van der Waals surface area (Å²) in [5.74, 6) is -0.817. The Morgan fingerprint density at radius 1 is 0.491 bits per heavy atom. The molecular formula is C48H87O8P. The zero-order valence-electron chi connectivity index (χ0n) is 37.0. The summed E-state index contributed by atoms with van der Waals surface area (Å²) < 4.78 is 32.1. The van der Waals surface area contributed by atoms with Crippen molar-refractivity contribution in [3.63, 3.8) is 0 Å². The fourth-order valence-corrected chi connectivity index (χ4v) is 6.88. The van der Waals surface area contributed by atoms with Crippen molar-refractivity contribution in [3.05, 3.63) is 48.6 Å². The molecule has 0 bridgehead atoms. The van der Waals surface area contributed by atoms with Crippen LogP contribution in [0.25, 0.3) is 0 Å². The van der Waals surface area contributed by atoms with Gasteiger partial charge in [0.2, 0.25) is 0 Å². The van der Waals surface area contributed by atoms with Crippen molar-refractivity contribution in [2.75, 3.05) is 20.3 Å². The van der Waals surface area contributed by atoms with Crippen molar-refractivity contribution in [1.82, 2.24) is 0 Å². The normalized spacial score (nSPS) is 13.7. The van der Waals surface area contributed by atoms with E-state index in [-0.39, 0.29) is 25.4 Å². The van der Waals surface area contributed by atoms with Gasteiger partial charge in [-0.1, -0.05) is 178 Å². The topological polar surface area (TPSA) is 108 Å². The molecule has 0 aromatic carbocycles. The molecule has 2 unspecified atom stereocenters. The van der Waals surface area contributed by atoms with Crippen LogP contribution in [0.4, 0.5) is 0 Å². The number of hydrogen-bond donors (Lipinski definition) is 1. The van der Waals surface area contributed by atoms with Crippen molar-refractivity contribution in [2.45, 2.75) is 225 Å². The Hall–Kier alpha value is -1.99. The third-order valence-electron chi connectivity index (χ3n) is 10.0. The second-order valence-electron chi connectivity index (χ2n) is 15.5. The van der Waals surface area contributed by atoms with Gasteiger partial charge in [-0.05, 0) is 77.0 Å². The highest BCUT2D eigenvalue weighted by Gasteiger charge is 2.24.